The Morgan fingerprint density at radius 2 is 1.54 bits per heavy atom. The molecule has 0 heterocycles. The third-order valence-electron chi connectivity index (χ3n) is 2.78. The molecule has 0 spiro atoms. The lowest BCUT2D eigenvalue weighted by Crippen LogP contribution is -2.52. The van der Waals surface area contributed by atoms with Crippen LogP contribution in [-0.4, -0.2) is 57.1 Å². The topological polar surface area (TPSA) is 101 Å². The fraction of sp³-hybridized carbons (Fsp3) is 1.00. The van der Waals surface area contributed by atoms with Gasteiger partial charge in [0.2, 0.25) is 0 Å². The van der Waals surface area contributed by atoms with Crippen molar-refractivity contribution in [1.82, 2.24) is 0 Å². The van der Waals surface area contributed by atoms with Gasteiger partial charge in [-0.1, -0.05) is 0 Å². The molecule has 0 amide bonds. The van der Waals surface area contributed by atoms with E-state index >= 15 is 0 Å². The molecule has 0 bridgehead atoms. The molecule has 0 aromatic rings. The van der Waals surface area contributed by atoms with Crippen LogP contribution in [0.4, 0.5) is 0 Å². The second-order valence-electron chi connectivity index (χ2n) is 3.57. The zero-order valence-corrected chi connectivity index (χ0v) is 7.24. The van der Waals surface area contributed by atoms with Crippen molar-refractivity contribution in [1.29, 1.82) is 0 Å². The second-order valence-corrected chi connectivity index (χ2v) is 3.57. The normalized spacial score (nSPS) is 46.4. The van der Waals surface area contributed by atoms with Gasteiger partial charge in [0.1, 0.15) is 6.10 Å². The molecular formula is C8H16O5. The van der Waals surface area contributed by atoms with E-state index in [1.807, 2.05) is 0 Å². The highest BCUT2D eigenvalue weighted by atomic mass is 16.4. The Morgan fingerprint density at radius 3 is 2.00 bits per heavy atom. The molecule has 5 atom stereocenters. The van der Waals surface area contributed by atoms with Crippen LogP contribution >= 0.6 is 0 Å². The third kappa shape index (κ3) is 2.00. The summed E-state index contributed by atoms with van der Waals surface area (Å²) in [5.41, 5.74) is 0. The van der Waals surface area contributed by atoms with Gasteiger partial charge < -0.3 is 25.5 Å². The first kappa shape index (κ1) is 10.9. The van der Waals surface area contributed by atoms with Crippen molar-refractivity contribution in [2.45, 2.75) is 24.7 Å². The van der Waals surface area contributed by atoms with Crippen LogP contribution in [0.3, 0.4) is 0 Å². The van der Waals surface area contributed by atoms with Crippen molar-refractivity contribution in [3.05, 3.63) is 0 Å². The molecule has 0 saturated heterocycles. The first-order chi connectivity index (χ1) is 6.11. The molecule has 0 aliphatic heterocycles. The molecule has 1 saturated carbocycles. The zero-order chi connectivity index (χ0) is 10.0. The van der Waals surface area contributed by atoms with Crippen molar-refractivity contribution in [2.75, 3.05) is 13.2 Å². The number of hydrogen-bond donors (Lipinski definition) is 5. The van der Waals surface area contributed by atoms with Crippen LogP contribution in [0.2, 0.25) is 0 Å². The van der Waals surface area contributed by atoms with E-state index in [0.717, 1.165) is 0 Å². The first-order valence-corrected chi connectivity index (χ1v) is 4.37. The van der Waals surface area contributed by atoms with E-state index in [-0.39, 0.29) is 25.6 Å². The summed E-state index contributed by atoms with van der Waals surface area (Å²) in [6.45, 7) is -0.498. The predicted molar refractivity (Wildman–Crippen MR) is 43.8 cm³/mol. The fourth-order valence-electron chi connectivity index (χ4n) is 1.85. The molecule has 5 heteroatoms. The van der Waals surface area contributed by atoms with Crippen molar-refractivity contribution >= 4 is 0 Å². The molecule has 5 N–H and O–H groups in total. The largest absolute Gasteiger partial charge is 0.396 e. The van der Waals surface area contributed by atoms with Gasteiger partial charge in [-0.3, -0.25) is 0 Å². The lowest BCUT2D eigenvalue weighted by Gasteiger charge is -2.39. The van der Waals surface area contributed by atoms with E-state index < -0.39 is 24.2 Å². The van der Waals surface area contributed by atoms with Crippen LogP contribution in [0.5, 0.6) is 0 Å². The Hall–Kier alpha value is -0.200. The summed E-state index contributed by atoms with van der Waals surface area (Å²) in [6, 6.07) is 0. The number of rotatable bonds is 2. The zero-order valence-electron chi connectivity index (χ0n) is 7.24. The number of aliphatic hydroxyl groups excluding tert-OH is 5. The quantitative estimate of drug-likeness (QED) is 0.338. The molecular weight excluding hydrogens is 176 g/mol. The van der Waals surface area contributed by atoms with Gasteiger partial charge >= 0.3 is 0 Å². The second kappa shape index (κ2) is 4.34. The van der Waals surface area contributed by atoms with Crippen molar-refractivity contribution in [3.63, 3.8) is 0 Å². The van der Waals surface area contributed by atoms with Gasteiger partial charge in [0.25, 0.3) is 0 Å². The highest BCUT2D eigenvalue weighted by Crippen LogP contribution is 2.30. The van der Waals surface area contributed by atoms with E-state index in [2.05, 4.69) is 0 Å². The molecule has 1 fully saturated rings. The molecule has 1 aliphatic carbocycles. The summed E-state index contributed by atoms with van der Waals surface area (Å²) >= 11 is 0. The summed E-state index contributed by atoms with van der Waals surface area (Å²) in [4.78, 5) is 0. The minimum atomic E-state index is -1.22. The van der Waals surface area contributed by atoms with Crippen LogP contribution in [0.15, 0.2) is 0 Å². The van der Waals surface area contributed by atoms with Gasteiger partial charge in [0.05, 0.1) is 12.2 Å². The molecule has 13 heavy (non-hydrogen) atoms. The Bertz CT molecular complexity index is 161. The van der Waals surface area contributed by atoms with E-state index in [4.69, 9.17) is 10.2 Å². The smallest absolute Gasteiger partial charge is 0.106 e. The SMILES string of the molecule is OC[C@H]1C[C@H](O)[C@H](O)[C@@H](O)[C@H]1CO. The van der Waals surface area contributed by atoms with Gasteiger partial charge in [0, 0.05) is 19.1 Å². The molecule has 1 rings (SSSR count). The summed E-state index contributed by atoms with van der Waals surface area (Å²) < 4.78 is 0. The standard InChI is InChI=1S/C8H16O5/c9-2-4-1-6(11)8(13)7(12)5(4)3-10/h4-13H,1-3H2/t4-,5+,6+,7+,8+/m1/s1. The highest BCUT2D eigenvalue weighted by Gasteiger charge is 2.41. The van der Waals surface area contributed by atoms with E-state index in [1.54, 1.807) is 0 Å². The van der Waals surface area contributed by atoms with Crippen molar-refractivity contribution in [2.24, 2.45) is 11.8 Å². The van der Waals surface area contributed by atoms with Gasteiger partial charge in [0.15, 0.2) is 0 Å². The maximum Gasteiger partial charge on any atom is 0.106 e. The van der Waals surface area contributed by atoms with E-state index in [9.17, 15) is 15.3 Å². The van der Waals surface area contributed by atoms with Crippen LogP contribution in [0, 0.1) is 11.8 Å². The number of hydrogen-bond acceptors (Lipinski definition) is 5. The molecule has 0 aromatic heterocycles. The molecule has 1 aliphatic rings. The Labute approximate surface area is 76.3 Å². The Kier molecular flexibility index (Phi) is 3.63. The van der Waals surface area contributed by atoms with Crippen LogP contribution in [-0.2, 0) is 0 Å². The van der Waals surface area contributed by atoms with Crippen molar-refractivity contribution < 1.29 is 25.5 Å². The van der Waals surface area contributed by atoms with Gasteiger partial charge in [-0.05, 0) is 12.3 Å². The predicted octanol–water partition coefficient (Wildman–Crippen LogP) is -2.31. The van der Waals surface area contributed by atoms with Gasteiger partial charge in [-0.25, -0.2) is 0 Å². The summed E-state index contributed by atoms with van der Waals surface area (Å²) in [6.07, 6.45) is -3.19. The van der Waals surface area contributed by atoms with Gasteiger partial charge in [-0.15, -0.1) is 0 Å². The molecule has 0 unspecified atom stereocenters. The Morgan fingerprint density at radius 1 is 0.923 bits per heavy atom. The average Bonchev–Trinajstić information content (AvgIpc) is 2.13. The Balaban J connectivity index is 2.69. The monoisotopic (exact) mass is 192 g/mol. The first-order valence-electron chi connectivity index (χ1n) is 4.37. The van der Waals surface area contributed by atoms with Gasteiger partial charge in [-0.2, -0.15) is 0 Å². The lowest BCUT2D eigenvalue weighted by atomic mass is 9.75. The minimum Gasteiger partial charge on any atom is -0.396 e. The maximum atomic E-state index is 9.43. The van der Waals surface area contributed by atoms with E-state index in [1.165, 1.54) is 0 Å². The summed E-state index contributed by atoms with van der Waals surface area (Å²) in [5, 5.41) is 45.8. The molecule has 78 valence electrons. The van der Waals surface area contributed by atoms with Crippen LogP contribution in [0.25, 0.3) is 0 Å². The van der Waals surface area contributed by atoms with Crippen LogP contribution in [0.1, 0.15) is 6.42 Å². The van der Waals surface area contributed by atoms with Crippen molar-refractivity contribution in [3.8, 4) is 0 Å². The third-order valence-corrected chi connectivity index (χ3v) is 2.78. The summed E-state index contributed by atoms with van der Waals surface area (Å²) in [7, 11) is 0. The lowest BCUT2D eigenvalue weighted by molar-refractivity contribution is -0.144. The molecule has 0 aromatic carbocycles. The van der Waals surface area contributed by atoms with E-state index in [0.29, 0.717) is 0 Å². The van der Waals surface area contributed by atoms with Crippen LogP contribution < -0.4 is 0 Å². The number of aliphatic hydroxyl groups is 5. The minimum absolute atomic E-state index is 0.202. The highest BCUT2D eigenvalue weighted by molar-refractivity contribution is 4.91. The molecule has 0 radical (unpaired) electrons. The molecule has 5 nitrogen and oxygen atoms in total. The average molecular weight is 192 g/mol. The maximum absolute atomic E-state index is 9.43. The summed E-state index contributed by atoms with van der Waals surface area (Å²) in [5.74, 6) is -0.901. The fourth-order valence-corrected chi connectivity index (χ4v) is 1.85.